The summed E-state index contributed by atoms with van der Waals surface area (Å²) in [5, 5.41) is 0. The van der Waals surface area contributed by atoms with Gasteiger partial charge in [0, 0.05) is 46.2 Å². The largest absolute Gasteiger partial charge is 0.342 e. The molecule has 0 aromatic carbocycles. The molecule has 2 aliphatic heterocycles. The third-order valence-corrected chi connectivity index (χ3v) is 6.50. The lowest BCUT2D eigenvalue weighted by Gasteiger charge is -2.37. The fourth-order valence-corrected chi connectivity index (χ4v) is 4.35. The molecule has 2 fully saturated rings. The van der Waals surface area contributed by atoms with Crippen molar-refractivity contribution in [3.05, 3.63) is 0 Å². The Morgan fingerprint density at radius 3 is 2.24 bits per heavy atom. The first kappa shape index (κ1) is 16.7. The number of hydrogen-bond acceptors (Lipinski definition) is 3. The highest BCUT2D eigenvalue weighted by atomic mass is 32.2. The average Bonchev–Trinajstić information content (AvgIpc) is 2.46. The van der Waals surface area contributed by atoms with Crippen LogP contribution in [0.3, 0.4) is 0 Å². The van der Waals surface area contributed by atoms with E-state index < -0.39 is 10.2 Å². The standard InChI is InChI=1S/C14H27N3O3S/c1-12-5-4-8-16(11-12)14(18)13-6-9-17(10-7-13)21(19,20)15(2)3/h12-13H,4-11H2,1-3H3/t12-/m1/s1. The van der Waals surface area contributed by atoms with Gasteiger partial charge in [-0.15, -0.1) is 0 Å². The van der Waals surface area contributed by atoms with E-state index in [0.29, 0.717) is 31.8 Å². The third-order valence-electron chi connectivity index (χ3n) is 4.56. The minimum absolute atomic E-state index is 0.0103. The zero-order chi connectivity index (χ0) is 15.6. The van der Waals surface area contributed by atoms with Gasteiger partial charge >= 0.3 is 0 Å². The number of hydrogen-bond donors (Lipinski definition) is 0. The van der Waals surface area contributed by atoms with Crippen molar-refractivity contribution in [2.24, 2.45) is 11.8 Å². The highest BCUT2D eigenvalue weighted by Gasteiger charge is 2.34. The van der Waals surface area contributed by atoms with Crippen molar-refractivity contribution < 1.29 is 13.2 Å². The summed E-state index contributed by atoms with van der Waals surface area (Å²) in [6.45, 7) is 4.79. The fraction of sp³-hybridized carbons (Fsp3) is 0.929. The molecule has 6 nitrogen and oxygen atoms in total. The van der Waals surface area contributed by atoms with E-state index in [-0.39, 0.29) is 11.8 Å². The molecule has 2 saturated heterocycles. The van der Waals surface area contributed by atoms with Crippen LogP contribution >= 0.6 is 0 Å². The number of piperidine rings is 2. The molecule has 0 spiro atoms. The smallest absolute Gasteiger partial charge is 0.281 e. The van der Waals surface area contributed by atoms with E-state index in [9.17, 15) is 13.2 Å². The number of rotatable bonds is 3. The van der Waals surface area contributed by atoms with Gasteiger partial charge in [-0.1, -0.05) is 6.92 Å². The second-order valence-corrected chi connectivity index (χ2v) is 8.64. The molecule has 2 heterocycles. The van der Waals surface area contributed by atoms with Crippen LogP contribution in [-0.2, 0) is 15.0 Å². The van der Waals surface area contributed by atoms with Gasteiger partial charge in [0.05, 0.1) is 0 Å². The van der Waals surface area contributed by atoms with Gasteiger partial charge in [0.1, 0.15) is 0 Å². The van der Waals surface area contributed by atoms with Crippen molar-refractivity contribution in [3.8, 4) is 0 Å². The molecule has 0 radical (unpaired) electrons. The Hall–Kier alpha value is -0.660. The maximum Gasteiger partial charge on any atom is 0.281 e. The summed E-state index contributed by atoms with van der Waals surface area (Å²) in [6, 6.07) is 0. The van der Waals surface area contributed by atoms with Crippen molar-refractivity contribution in [2.45, 2.75) is 32.6 Å². The summed E-state index contributed by atoms with van der Waals surface area (Å²) in [4.78, 5) is 14.5. The fourth-order valence-electron chi connectivity index (χ4n) is 3.21. The molecule has 0 saturated carbocycles. The molecule has 0 unspecified atom stereocenters. The van der Waals surface area contributed by atoms with E-state index in [1.807, 2.05) is 4.90 Å². The predicted molar refractivity (Wildman–Crippen MR) is 81.9 cm³/mol. The number of likely N-dealkylation sites (tertiary alicyclic amines) is 1. The lowest BCUT2D eigenvalue weighted by atomic mass is 9.93. The van der Waals surface area contributed by atoms with Gasteiger partial charge in [0.2, 0.25) is 5.91 Å². The summed E-state index contributed by atoms with van der Waals surface area (Å²) < 4.78 is 26.8. The second-order valence-electron chi connectivity index (χ2n) is 6.50. The van der Waals surface area contributed by atoms with E-state index in [0.717, 1.165) is 19.5 Å². The van der Waals surface area contributed by atoms with Gasteiger partial charge in [-0.25, -0.2) is 0 Å². The van der Waals surface area contributed by atoms with Crippen molar-refractivity contribution in [1.29, 1.82) is 0 Å². The van der Waals surface area contributed by atoms with Crippen molar-refractivity contribution in [1.82, 2.24) is 13.5 Å². The van der Waals surface area contributed by atoms with Gasteiger partial charge < -0.3 is 4.90 Å². The Bertz CT molecular complexity index is 470. The number of carbonyl (C=O) groups excluding carboxylic acids is 1. The SMILES string of the molecule is C[C@@H]1CCCN(C(=O)C2CCN(S(=O)(=O)N(C)C)CC2)C1. The van der Waals surface area contributed by atoms with E-state index in [1.165, 1.54) is 15.0 Å². The van der Waals surface area contributed by atoms with E-state index in [2.05, 4.69) is 6.92 Å². The van der Waals surface area contributed by atoms with Gasteiger partial charge in [-0.2, -0.15) is 17.0 Å². The van der Waals surface area contributed by atoms with Crippen LogP contribution in [0.15, 0.2) is 0 Å². The first-order valence-corrected chi connectivity index (χ1v) is 9.18. The van der Waals surface area contributed by atoms with Crippen LogP contribution in [0.5, 0.6) is 0 Å². The Morgan fingerprint density at radius 1 is 1.10 bits per heavy atom. The molecule has 0 N–H and O–H groups in total. The van der Waals surface area contributed by atoms with Crippen LogP contribution in [0.4, 0.5) is 0 Å². The Kier molecular flexibility index (Phi) is 5.27. The molecule has 2 aliphatic rings. The molecule has 1 amide bonds. The van der Waals surface area contributed by atoms with Gasteiger partial charge in [0.15, 0.2) is 0 Å². The normalized spacial score (nSPS) is 26.3. The zero-order valence-corrected chi connectivity index (χ0v) is 14.1. The molecule has 0 aromatic rings. The van der Waals surface area contributed by atoms with Crippen LogP contribution in [-0.4, -0.2) is 68.1 Å². The molecule has 0 bridgehead atoms. The summed E-state index contributed by atoms with van der Waals surface area (Å²) in [6.07, 6.45) is 3.55. The lowest BCUT2D eigenvalue weighted by molar-refractivity contribution is -0.138. The van der Waals surface area contributed by atoms with E-state index in [1.54, 1.807) is 14.1 Å². The summed E-state index contributed by atoms with van der Waals surface area (Å²) >= 11 is 0. The minimum atomic E-state index is -3.34. The molecule has 0 aliphatic carbocycles. The molecule has 7 heteroatoms. The maximum atomic E-state index is 12.5. The Labute approximate surface area is 128 Å². The third kappa shape index (κ3) is 3.76. The van der Waals surface area contributed by atoms with Crippen LogP contribution in [0.1, 0.15) is 32.6 Å². The van der Waals surface area contributed by atoms with Gasteiger partial charge in [-0.05, 0) is 31.6 Å². The first-order valence-electron chi connectivity index (χ1n) is 7.78. The second kappa shape index (κ2) is 6.62. The van der Waals surface area contributed by atoms with Crippen LogP contribution in [0.2, 0.25) is 0 Å². The molecule has 1 atom stereocenters. The monoisotopic (exact) mass is 317 g/mol. The molecular weight excluding hydrogens is 290 g/mol. The predicted octanol–water partition coefficient (Wildman–Crippen LogP) is 0.763. The highest BCUT2D eigenvalue weighted by molar-refractivity contribution is 7.86. The average molecular weight is 317 g/mol. The van der Waals surface area contributed by atoms with E-state index in [4.69, 9.17) is 0 Å². The Balaban J connectivity index is 1.90. The maximum absolute atomic E-state index is 12.5. The van der Waals surface area contributed by atoms with E-state index >= 15 is 0 Å². The molecule has 2 rings (SSSR count). The van der Waals surface area contributed by atoms with Crippen molar-refractivity contribution in [2.75, 3.05) is 40.3 Å². The molecule has 21 heavy (non-hydrogen) atoms. The number of amides is 1. The molecular formula is C14H27N3O3S. The van der Waals surface area contributed by atoms with Gasteiger partial charge in [-0.3, -0.25) is 4.79 Å². The van der Waals surface area contributed by atoms with Crippen molar-refractivity contribution >= 4 is 16.1 Å². The quantitative estimate of drug-likeness (QED) is 0.772. The molecule has 122 valence electrons. The summed E-state index contributed by atoms with van der Waals surface area (Å²) in [7, 11) is -0.254. The summed E-state index contributed by atoms with van der Waals surface area (Å²) in [5.41, 5.74) is 0. The number of nitrogens with zero attached hydrogens (tertiary/aromatic N) is 3. The van der Waals surface area contributed by atoms with Gasteiger partial charge in [0.25, 0.3) is 10.2 Å². The molecule has 0 aromatic heterocycles. The highest BCUT2D eigenvalue weighted by Crippen LogP contribution is 2.25. The zero-order valence-electron chi connectivity index (χ0n) is 13.3. The van der Waals surface area contributed by atoms with Crippen LogP contribution < -0.4 is 0 Å². The lowest BCUT2D eigenvalue weighted by Crippen LogP contribution is -2.48. The minimum Gasteiger partial charge on any atom is -0.342 e. The number of carbonyl (C=O) groups is 1. The topological polar surface area (TPSA) is 60.9 Å². The van der Waals surface area contributed by atoms with Crippen LogP contribution in [0, 0.1) is 11.8 Å². The first-order chi connectivity index (χ1) is 9.82. The summed E-state index contributed by atoms with van der Waals surface area (Å²) in [5.74, 6) is 0.796. The Morgan fingerprint density at radius 2 is 1.71 bits per heavy atom. The van der Waals surface area contributed by atoms with Crippen LogP contribution in [0.25, 0.3) is 0 Å². The van der Waals surface area contributed by atoms with Crippen molar-refractivity contribution in [3.63, 3.8) is 0 Å².